The molecule has 1 fully saturated rings. The van der Waals surface area contributed by atoms with E-state index < -0.39 is 32.4 Å². The largest absolute Gasteiger partial charge is 0.388 e. The number of imidazole rings is 1. The van der Waals surface area contributed by atoms with E-state index in [-0.39, 0.29) is 18.8 Å². The molecule has 3 heterocycles. The van der Waals surface area contributed by atoms with Crippen LogP contribution in [0.25, 0.3) is 11.2 Å². The standard InChI is InChI=1S/C11H16N5O6P/c12-9-8-10(14-3-13-9)16(4-15-8)11-7(17)1-6(22-11)2-21-5-23(18,19)20/h3-4,6-7,11,17H,1-2,5H2,(H2,12,13,14)(H2,18,19,20)/t6-,7?,11+/m0/s1. The summed E-state index contributed by atoms with van der Waals surface area (Å²) in [5.74, 6) is 0.225. The number of ether oxygens (including phenoxy) is 2. The van der Waals surface area contributed by atoms with Crippen molar-refractivity contribution in [2.75, 3.05) is 18.7 Å². The first-order valence-corrected chi connectivity index (χ1v) is 8.54. The number of aliphatic hydroxyl groups excluding tert-OH is 1. The van der Waals surface area contributed by atoms with E-state index in [1.54, 1.807) is 4.57 Å². The Balaban J connectivity index is 1.71. The number of aliphatic hydroxyl groups is 1. The Morgan fingerprint density at radius 3 is 2.96 bits per heavy atom. The maximum absolute atomic E-state index is 10.7. The van der Waals surface area contributed by atoms with Gasteiger partial charge >= 0.3 is 7.60 Å². The first-order chi connectivity index (χ1) is 10.8. The fraction of sp³-hybridized carbons (Fsp3) is 0.545. The summed E-state index contributed by atoms with van der Waals surface area (Å²) >= 11 is 0. The van der Waals surface area contributed by atoms with Crippen molar-refractivity contribution in [1.29, 1.82) is 0 Å². The lowest BCUT2D eigenvalue weighted by atomic mass is 10.2. The van der Waals surface area contributed by atoms with Crippen LogP contribution in [0.2, 0.25) is 0 Å². The Hall–Kier alpha value is -1.62. The molecule has 0 saturated carbocycles. The molecule has 2 aromatic heterocycles. The monoisotopic (exact) mass is 345 g/mol. The molecule has 11 nitrogen and oxygen atoms in total. The minimum atomic E-state index is -4.23. The van der Waals surface area contributed by atoms with Crippen molar-refractivity contribution in [3.05, 3.63) is 12.7 Å². The highest BCUT2D eigenvalue weighted by molar-refractivity contribution is 7.51. The summed E-state index contributed by atoms with van der Waals surface area (Å²) in [6.07, 6.45) is 0.223. The summed E-state index contributed by atoms with van der Waals surface area (Å²) in [6, 6.07) is 0. The Morgan fingerprint density at radius 1 is 1.43 bits per heavy atom. The van der Waals surface area contributed by atoms with E-state index in [0.29, 0.717) is 11.2 Å². The Bertz CT molecular complexity index is 748. The van der Waals surface area contributed by atoms with Crippen LogP contribution in [0.5, 0.6) is 0 Å². The van der Waals surface area contributed by atoms with Gasteiger partial charge in [0.25, 0.3) is 0 Å². The second kappa shape index (κ2) is 6.11. The van der Waals surface area contributed by atoms with Crippen molar-refractivity contribution >= 4 is 24.6 Å². The van der Waals surface area contributed by atoms with E-state index >= 15 is 0 Å². The number of hydrogen-bond acceptors (Lipinski definition) is 8. The fourth-order valence-electron chi connectivity index (χ4n) is 2.45. The van der Waals surface area contributed by atoms with Crippen molar-refractivity contribution in [3.63, 3.8) is 0 Å². The molecule has 1 aliphatic heterocycles. The van der Waals surface area contributed by atoms with Gasteiger partial charge in [-0.15, -0.1) is 0 Å². The minimum absolute atomic E-state index is 0.0393. The second-order valence-corrected chi connectivity index (χ2v) is 6.79. The molecule has 2 aromatic rings. The van der Waals surface area contributed by atoms with Gasteiger partial charge in [0.1, 0.15) is 24.3 Å². The number of hydrogen-bond donors (Lipinski definition) is 4. The molecule has 23 heavy (non-hydrogen) atoms. The van der Waals surface area contributed by atoms with Gasteiger partial charge in [-0.25, -0.2) is 15.0 Å². The molecule has 0 radical (unpaired) electrons. The molecule has 5 N–H and O–H groups in total. The molecule has 1 saturated heterocycles. The summed E-state index contributed by atoms with van der Waals surface area (Å²) in [4.78, 5) is 29.5. The molecule has 0 spiro atoms. The zero-order chi connectivity index (χ0) is 16.6. The van der Waals surface area contributed by atoms with Crippen LogP contribution >= 0.6 is 7.60 Å². The van der Waals surface area contributed by atoms with Crippen molar-refractivity contribution < 1.29 is 28.9 Å². The van der Waals surface area contributed by atoms with Crippen LogP contribution < -0.4 is 5.73 Å². The van der Waals surface area contributed by atoms with Gasteiger partial charge in [0.15, 0.2) is 17.7 Å². The van der Waals surface area contributed by atoms with E-state index in [1.807, 2.05) is 0 Å². The van der Waals surface area contributed by atoms with Crippen molar-refractivity contribution in [3.8, 4) is 0 Å². The maximum Gasteiger partial charge on any atom is 0.350 e. The number of aromatic nitrogens is 4. The molecule has 1 unspecified atom stereocenters. The van der Waals surface area contributed by atoms with Gasteiger partial charge in [-0.2, -0.15) is 0 Å². The van der Waals surface area contributed by atoms with E-state index in [9.17, 15) is 9.67 Å². The molecule has 0 aliphatic carbocycles. The third-order valence-electron chi connectivity index (χ3n) is 3.39. The van der Waals surface area contributed by atoms with E-state index in [1.165, 1.54) is 12.7 Å². The lowest BCUT2D eigenvalue weighted by molar-refractivity contribution is -0.0567. The van der Waals surface area contributed by atoms with Crippen LogP contribution in [-0.4, -0.2) is 59.6 Å². The third-order valence-corrected chi connectivity index (χ3v) is 3.91. The molecular weight excluding hydrogens is 329 g/mol. The molecule has 126 valence electrons. The van der Waals surface area contributed by atoms with Crippen LogP contribution in [0.4, 0.5) is 5.82 Å². The molecule has 3 rings (SSSR count). The van der Waals surface area contributed by atoms with Crippen molar-refractivity contribution in [2.45, 2.75) is 24.9 Å². The summed E-state index contributed by atoms with van der Waals surface area (Å²) in [5.41, 5.74) is 6.55. The average molecular weight is 345 g/mol. The molecule has 3 atom stereocenters. The number of nitrogen functional groups attached to an aromatic ring is 1. The van der Waals surface area contributed by atoms with Crippen LogP contribution in [0.1, 0.15) is 12.6 Å². The van der Waals surface area contributed by atoms with Crippen molar-refractivity contribution in [2.24, 2.45) is 0 Å². The Labute approximate surface area is 130 Å². The molecule has 0 amide bonds. The Morgan fingerprint density at radius 2 is 2.22 bits per heavy atom. The highest BCUT2D eigenvalue weighted by Gasteiger charge is 2.36. The predicted octanol–water partition coefficient (Wildman–Crippen LogP) is -0.791. The van der Waals surface area contributed by atoms with Gasteiger partial charge in [0.2, 0.25) is 0 Å². The highest BCUT2D eigenvalue weighted by Crippen LogP contribution is 2.35. The normalized spacial score (nSPS) is 25.3. The second-order valence-electron chi connectivity index (χ2n) is 5.20. The van der Waals surface area contributed by atoms with Gasteiger partial charge in [-0.05, 0) is 0 Å². The SMILES string of the molecule is Nc1ncnc2c1ncn2[C@@H]1O[C@H](COCP(=O)(O)O)CC1O. The molecule has 12 heteroatoms. The van der Waals surface area contributed by atoms with E-state index in [0.717, 1.165) is 0 Å². The van der Waals surface area contributed by atoms with Gasteiger partial charge in [0, 0.05) is 6.42 Å². The average Bonchev–Trinajstić information content (AvgIpc) is 3.02. The first kappa shape index (κ1) is 16.2. The minimum Gasteiger partial charge on any atom is -0.388 e. The maximum atomic E-state index is 10.7. The topological polar surface area (TPSA) is 166 Å². The fourth-order valence-corrected chi connectivity index (χ4v) is 2.79. The van der Waals surface area contributed by atoms with Crippen LogP contribution in [0.15, 0.2) is 12.7 Å². The summed E-state index contributed by atoms with van der Waals surface area (Å²) in [7, 11) is -4.23. The van der Waals surface area contributed by atoms with Gasteiger partial charge in [-0.3, -0.25) is 9.13 Å². The highest BCUT2D eigenvalue weighted by atomic mass is 31.2. The molecule has 0 bridgehead atoms. The number of nitrogens with two attached hydrogens (primary N) is 1. The third kappa shape index (κ3) is 3.50. The van der Waals surface area contributed by atoms with Crippen molar-refractivity contribution in [1.82, 2.24) is 19.5 Å². The summed E-state index contributed by atoms with van der Waals surface area (Å²) in [5, 5.41) is 10.2. The lowest BCUT2D eigenvalue weighted by Crippen LogP contribution is -2.19. The number of anilines is 1. The zero-order valence-corrected chi connectivity index (χ0v) is 12.8. The number of nitrogens with zero attached hydrogens (tertiary/aromatic N) is 4. The van der Waals surface area contributed by atoms with E-state index in [4.69, 9.17) is 25.0 Å². The summed E-state index contributed by atoms with van der Waals surface area (Å²) in [6.45, 7) is -0.0393. The predicted molar refractivity (Wildman–Crippen MR) is 77.1 cm³/mol. The number of rotatable bonds is 5. The Kier molecular flexibility index (Phi) is 4.32. The smallest absolute Gasteiger partial charge is 0.350 e. The quantitative estimate of drug-likeness (QED) is 0.504. The molecule has 0 aromatic carbocycles. The zero-order valence-electron chi connectivity index (χ0n) is 11.9. The van der Waals surface area contributed by atoms with Crippen LogP contribution in [-0.2, 0) is 14.0 Å². The van der Waals surface area contributed by atoms with E-state index in [2.05, 4.69) is 15.0 Å². The number of fused-ring (bicyclic) bond motifs is 1. The van der Waals surface area contributed by atoms with Gasteiger partial charge < -0.3 is 30.1 Å². The summed E-state index contributed by atoms with van der Waals surface area (Å²) < 4.78 is 22.9. The lowest BCUT2D eigenvalue weighted by Gasteiger charge is -2.17. The van der Waals surface area contributed by atoms with Gasteiger partial charge in [-0.1, -0.05) is 0 Å². The first-order valence-electron chi connectivity index (χ1n) is 6.74. The molecule has 1 aliphatic rings. The molecular formula is C11H16N5O6P. The van der Waals surface area contributed by atoms with Crippen LogP contribution in [0.3, 0.4) is 0 Å². The van der Waals surface area contributed by atoms with Crippen LogP contribution in [0, 0.1) is 0 Å². The van der Waals surface area contributed by atoms with Gasteiger partial charge in [0.05, 0.1) is 19.0 Å².